The van der Waals surface area contributed by atoms with Crippen molar-refractivity contribution < 1.29 is 48.4 Å². The predicted octanol–water partition coefficient (Wildman–Crippen LogP) is -1.10. The summed E-state index contributed by atoms with van der Waals surface area (Å²) >= 11 is 0. The first kappa shape index (κ1) is 67.7. The van der Waals surface area contributed by atoms with Crippen LogP contribution in [0.5, 0.6) is 0 Å². The first-order valence-electron chi connectivity index (χ1n) is 2.63. The largest absolute Gasteiger partial charge is 0.412 e. The maximum Gasteiger partial charge on any atom is 0.0662 e. The van der Waals surface area contributed by atoms with E-state index in [0.29, 0.717) is 0 Å². The fraction of sp³-hybridized carbons (Fsp3) is 0.250. The van der Waals surface area contributed by atoms with Gasteiger partial charge in [0.2, 0.25) is 0 Å². The van der Waals surface area contributed by atoms with Crippen molar-refractivity contribution in [3.05, 3.63) is 39.5 Å². The molecule has 90 valence electrons. The van der Waals surface area contributed by atoms with Crippen molar-refractivity contribution in [2.45, 2.75) is 0 Å². The van der Waals surface area contributed by atoms with Crippen LogP contribution >= 0.6 is 0 Å². The molecule has 0 heterocycles. The van der Waals surface area contributed by atoms with E-state index in [4.69, 9.17) is 10.2 Å². The molecule has 0 aliphatic heterocycles. The standard InChI is InChI=1S/C2H6O2.3C2H4.3H2O.Ti/c3-1-2-4;3*1-2;;;;/h3-4H,1-2H2;3*1-2H2;3*1H2;. The van der Waals surface area contributed by atoms with Crippen molar-refractivity contribution in [2.75, 3.05) is 13.2 Å². The molecule has 0 spiro atoms. The Bertz CT molecular complexity index is 34.2. The molecule has 0 amide bonds. The molecule has 0 aromatic heterocycles. The second-order valence-corrected chi connectivity index (χ2v) is 0.447. The predicted molar refractivity (Wildman–Crippen MR) is 58.8 cm³/mol. The van der Waals surface area contributed by atoms with Crippen LogP contribution in [0.1, 0.15) is 0 Å². The maximum atomic E-state index is 7.62. The topological polar surface area (TPSA) is 135 Å². The van der Waals surface area contributed by atoms with E-state index >= 15 is 0 Å². The number of rotatable bonds is 1. The second-order valence-electron chi connectivity index (χ2n) is 0.447. The van der Waals surface area contributed by atoms with Gasteiger partial charge in [0.1, 0.15) is 0 Å². The summed E-state index contributed by atoms with van der Waals surface area (Å²) in [5.74, 6) is 0. The van der Waals surface area contributed by atoms with E-state index in [-0.39, 0.29) is 51.4 Å². The van der Waals surface area contributed by atoms with Gasteiger partial charge in [-0.1, -0.05) is 0 Å². The molecule has 5 nitrogen and oxygen atoms in total. The zero-order chi connectivity index (χ0) is 9.41. The number of aliphatic hydroxyl groups excluding tert-OH is 2. The zero-order valence-corrected chi connectivity index (χ0v) is 10.1. The van der Waals surface area contributed by atoms with E-state index in [1.165, 1.54) is 0 Å². The normalized spacial score (nSPS) is 3.00. The fourth-order valence-corrected chi connectivity index (χ4v) is 0. The minimum absolute atomic E-state index is 0. The molecule has 0 aliphatic rings. The molecule has 0 unspecified atom stereocenters. The van der Waals surface area contributed by atoms with Gasteiger partial charge >= 0.3 is 0 Å². The number of hydrogen-bond acceptors (Lipinski definition) is 2. The van der Waals surface area contributed by atoms with Gasteiger partial charge in [0, 0.05) is 21.7 Å². The van der Waals surface area contributed by atoms with Gasteiger partial charge < -0.3 is 26.6 Å². The third-order valence-electron chi connectivity index (χ3n) is 0.1000. The molecule has 0 fully saturated rings. The zero-order valence-electron chi connectivity index (χ0n) is 8.55. The van der Waals surface area contributed by atoms with E-state index in [1.54, 1.807) is 0 Å². The van der Waals surface area contributed by atoms with Gasteiger partial charge in [0.15, 0.2) is 0 Å². The van der Waals surface area contributed by atoms with Crippen LogP contribution in [0.15, 0.2) is 39.5 Å². The molecule has 0 atom stereocenters. The van der Waals surface area contributed by atoms with E-state index < -0.39 is 0 Å². The average molecular weight is 248 g/mol. The molecule has 0 bridgehead atoms. The Kier molecular flexibility index (Phi) is 2820. The van der Waals surface area contributed by atoms with Crippen molar-refractivity contribution in [1.82, 2.24) is 0 Å². The molecule has 0 saturated carbocycles. The Morgan fingerprint density at radius 1 is 0.571 bits per heavy atom. The summed E-state index contributed by atoms with van der Waals surface area (Å²) in [6.45, 7) is 17.8. The third-order valence-corrected chi connectivity index (χ3v) is 0.1000. The van der Waals surface area contributed by atoms with Crippen LogP contribution in [0.4, 0.5) is 0 Å². The summed E-state index contributed by atoms with van der Waals surface area (Å²) in [5, 5.41) is 15.2. The van der Waals surface area contributed by atoms with Crippen LogP contribution in [0, 0.1) is 0 Å². The Morgan fingerprint density at radius 2 is 0.643 bits per heavy atom. The smallest absolute Gasteiger partial charge is 0.0662 e. The van der Waals surface area contributed by atoms with Crippen LogP contribution in [-0.4, -0.2) is 39.9 Å². The fourth-order valence-electron chi connectivity index (χ4n) is 0. The quantitative estimate of drug-likeness (QED) is 0.450. The summed E-state index contributed by atoms with van der Waals surface area (Å²) < 4.78 is 0. The summed E-state index contributed by atoms with van der Waals surface area (Å²) in [6.07, 6.45) is 0. The Balaban J connectivity index is -0.00000000550. The third kappa shape index (κ3) is 2510. The van der Waals surface area contributed by atoms with Crippen LogP contribution in [0.2, 0.25) is 0 Å². The first-order valence-corrected chi connectivity index (χ1v) is 2.63. The Labute approximate surface area is 101 Å². The molecule has 6 heteroatoms. The van der Waals surface area contributed by atoms with E-state index in [9.17, 15) is 0 Å². The van der Waals surface area contributed by atoms with Gasteiger partial charge in [0.05, 0.1) is 13.2 Å². The van der Waals surface area contributed by atoms with Crippen molar-refractivity contribution in [2.24, 2.45) is 0 Å². The molecular formula is C8H24O5Ti. The Morgan fingerprint density at radius 3 is 0.643 bits per heavy atom. The van der Waals surface area contributed by atoms with E-state index in [2.05, 4.69) is 39.5 Å². The average Bonchev–Trinajstić information content (AvgIpc) is 2.14. The summed E-state index contributed by atoms with van der Waals surface area (Å²) in [4.78, 5) is 0. The van der Waals surface area contributed by atoms with Crippen LogP contribution < -0.4 is 0 Å². The van der Waals surface area contributed by atoms with Crippen molar-refractivity contribution in [1.29, 1.82) is 0 Å². The molecular weight excluding hydrogens is 224 g/mol. The number of aliphatic hydroxyl groups is 2. The van der Waals surface area contributed by atoms with Gasteiger partial charge in [-0.25, -0.2) is 0 Å². The van der Waals surface area contributed by atoms with Crippen LogP contribution in [0.25, 0.3) is 0 Å². The van der Waals surface area contributed by atoms with Crippen molar-refractivity contribution >= 4 is 0 Å². The van der Waals surface area contributed by atoms with E-state index in [1.807, 2.05) is 0 Å². The summed E-state index contributed by atoms with van der Waals surface area (Å²) in [5.41, 5.74) is 0. The van der Waals surface area contributed by atoms with Gasteiger partial charge in [-0.2, -0.15) is 0 Å². The van der Waals surface area contributed by atoms with Gasteiger partial charge in [0.25, 0.3) is 0 Å². The summed E-state index contributed by atoms with van der Waals surface area (Å²) in [6, 6.07) is 0. The molecule has 0 aliphatic carbocycles. The molecule has 0 saturated heterocycles. The first-order chi connectivity index (χ1) is 4.91. The van der Waals surface area contributed by atoms with Gasteiger partial charge in [-0.05, 0) is 0 Å². The summed E-state index contributed by atoms with van der Waals surface area (Å²) in [7, 11) is 0. The molecule has 0 rings (SSSR count). The molecule has 8 N–H and O–H groups in total. The maximum absolute atomic E-state index is 7.62. The van der Waals surface area contributed by atoms with Crippen molar-refractivity contribution in [3.63, 3.8) is 0 Å². The minimum Gasteiger partial charge on any atom is -0.412 e. The second kappa shape index (κ2) is 583. The van der Waals surface area contributed by atoms with Crippen molar-refractivity contribution in [3.8, 4) is 0 Å². The van der Waals surface area contributed by atoms with Crippen LogP contribution in [0.3, 0.4) is 0 Å². The number of hydrogen-bond donors (Lipinski definition) is 2. The molecule has 0 aromatic carbocycles. The minimum atomic E-state index is -0.125. The van der Waals surface area contributed by atoms with E-state index in [0.717, 1.165) is 0 Å². The monoisotopic (exact) mass is 248 g/mol. The SMILES string of the molecule is C=C.C=C.C=C.O.O.O.OCCO.[Ti]. The molecule has 0 aromatic rings. The van der Waals surface area contributed by atoms with Gasteiger partial charge in [-0.15, -0.1) is 39.5 Å². The van der Waals surface area contributed by atoms with Crippen LogP contribution in [-0.2, 0) is 21.7 Å². The van der Waals surface area contributed by atoms with Gasteiger partial charge in [-0.3, -0.25) is 0 Å². The molecule has 14 heavy (non-hydrogen) atoms. The molecule has 0 radical (unpaired) electrons. The Hall–Kier alpha value is -0.266.